The van der Waals surface area contributed by atoms with Crippen molar-refractivity contribution in [1.82, 2.24) is 15.2 Å². The first-order valence-electron chi connectivity index (χ1n) is 9.76. The van der Waals surface area contributed by atoms with Crippen LogP contribution >= 0.6 is 0 Å². The number of aromatic amines is 1. The topological polar surface area (TPSA) is 48.1 Å². The van der Waals surface area contributed by atoms with Gasteiger partial charge in [-0.05, 0) is 56.0 Å². The number of carbonyl (C=O) groups excluding carboxylic acids is 1. The van der Waals surface area contributed by atoms with Gasteiger partial charge in [0.15, 0.2) is 0 Å². The van der Waals surface area contributed by atoms with Crippen LogP contribution in [0.15, 0.2) is 48.5 Å². The molecular weight excluding hydrogens is 334 g/mol. The standard InChI is InChI=1S/C23H27N3O/c1-16-17(2)24-22-9-8-19(14-21(16)22)23(27)25-20-10-12-26(13-11-20)15-18-6-4-3-5-7-18/h3-9,14,20,24H,10-13,15H2,1-2H3,(H,25,27). The summed E-state index contributed by atoms with van der Waals surface area (Å²) < 4.78 is 0. The number of piperidine rings is 1. The third-order valence-electron chi connectivity index (χ3n) is 5.74. The zero-order valence-corrected chi connectivity index (χ0v) is 16.1. The van der Waals surface area contributed by atoms with Gasteiger partial charge in [0, 0.05) is 47.8 Å². The van der Waals surface area contributed by atoms with Gasteiger partial charge in [0.25, 0.3) is 5.91 Å². The molecule has 0 aliphatic carbocycles. The number of hydrogen-bond acceptors (Lipinski definition) is 2. The molecule has 3 aromatic rings. The number of aryl methyl sites for hydroxylation is 2. The van der Waals surface area contributed by atoms with Crippen molar-refractivity contribution in [3.8, 4) is 0 Å². The molecule has 0 unspecified atom stereocenters. The van der Waals surface area contributed by atoms with Crippen molar-refractivity contribution in [1.29, 1.82) is 0 Å². The van der Waals surface area contributed by atoms with E-state index in [1.54, 1.807) is 0 Å². The SMILES string of the molecule is Cc1[nH]c2ccc(C(=O)NC3CCN(Cc4ccccc4)CC3)cc2c1C. The highest BCUT2D eigenvalue weighted by Gasteiger charge is 2.21. The second-order valence-corrected chi connectivity index (χ2v) is 7.64. The summed E-state index contributed by atoms with van der Waals surface area (Å²) in [6, 6.07) is 16.8. The molecule has 140 valence electrons. The fourth-order valence-electron chi connectivity index (χ4n) is 3.95. The summed E-state index contributed by atoms with van der Waals surface area (Å²) in [6.45, 7) is 7.20. The Balaban J connectivity index is 1.35. The highest BCUT2D eigenvalue weighted by molar-refractivity contribution is 5.99. The molecule has 0 radical (unpaired) electrons. The van der Waals surface area contributed by atoms with Crippen molar-refractivity contribution in [2.45, 2.75) is 39.3 Å². The van der Waals surface area contributed by atoms with Crippen LogP contribution in [0.25, 0.3) is 10.9 Å². The van der Waals surface area contributed by atoms with Gasteiger partial charge in [-0.25, -0.2) is 0 Å². The second kappa shape index (κ2) is 7.57. The van der Waals surface area contributed by atoms with Crippen LogP contribution in [0, 0.1) is 13.8 Å². The summed E-state index contributed by atoms with van der Waals surface area (Å²) in [7, 11) is 0. The number of benzene rings is 2. The number of carbonyl (C=O) groups is 1. The number of fused-ring (bicyclic) bond motifs is 1. The Kier molecular flexibility index (Phi) is 4.99. The smallest absolute Gasteiger partial charge is 0.251 e. The zero-order valence-electron chi connectivity index (χ0n) is 16.1. The van der Waals surface area contributed by atoms with E-state index in [2.05, 4.69) is 59.4 Å². The fourth-order valence-corrected chi connectivity index (χ4v) is 3.95. The average Bonchev–Trinajstić information content (AvgIpc) is 2.98. The molecule has 4 heteroatoms. The number of aromatic nitrogens is 1. The largest absolute Gasteiger partial charge is 0.358 e. The Morgan fingerprint density at radius 3 is 2.59 bits per heavy atom. The maximum absolute atomic E-state index is 12.7. The Morgan fingerprint density at radius 2 is 1.85 bits per heavy atom. The van der Waals surface area contributed by atoms with E-state index in [0.29, 0.717) is 0 Å². The molecule has 2 heterocycles. The van der Waals surface area contributed by atoms with Gasteiger partial charge in [-0.15, -0.1) is 0 Å². The fraction of sp³-hybridized carbons (Fsp3) is 0.348. The lowest BCUT2D eigenvalue weighted by Gasteiger charge is -2.32. The van der Waals surface area contributed by atoms with Gasteiger partial charge in [-0.2, -0.15) is 0 Å². The minimum atomic E-state index is 0.0386. The molecule has 27 heavy (non-hydrogen) atoms. The molecule has 0 spiro atoms. The molecule has 1 aliphatic rings. The molecule has 1 amide bonds. The molecule has 1 aromatic heterocycles. The normalized spacial score (nSPS) is 15.9. The van der Waals surface area contributed by atoms with Crippen LogP contribution in [0.2, 0.25) is 0 Å². The predicted octanol–water partition coefficient (Wildman–Crippen LogP) is 4.18. The molecular formula is C23H27N3O. The van der Waals surface area contributed by atoms with E-state index in [4.69, 9.17) is 0 Å². The number of amides is 1. The molecule has 0 saturated carbocycles. The lowest BCUT2D eigenvalue weighted by molar-refractivity contribution is 0.0909. The van der Waals surface area contributed by atoms with E-state index in [1.165, 1.54) is 11.1 Å². The summed E-state index contributed by atoms with van der Waals surface area (Å²) in [4.78, 5) is 18.5. The van der Waals surface area contributed by atoms with E-state index >= 15 is 0 Å². The summed E-state index contributed by atoms with van der Waals surface area (Å²) in [5.41, 5.74) is 5.57. The zero-order chi connectivity index (χ0) is 18.8. The molecule has 2 aromatic carbocycles. The number of H-pyrrole nitrogens is 1. The van der Waals surface area contributed by atoms with Crippen LogP contribution in [0.3, 0.4) is 0 Å². The first kappa shape index (κ1) is 17.8. The quantitative estimate of drug-likeness (QED) is 0.732. The van der Waals surface area contributed by atoms with Gasteiger partial charge in [-0.1, -0.05) is 30.3 Å². The number of nitrogens with one attached hydrogen (secondary N) is 2. The van der Waals surface area contributed by atoms with Crippen LogP contribution in [-0.2, 0) is 6.54 Å². The van der Waals surface area contributed by atoms with Gasteiger partial charge in [0.2, 0.25) is 0 Å². The van der Waals surface area contributed by atoms with E-state index < -0.39 is 0 Å². The third-order valence-corrected chi connectivity index (χ3v) is 5.74. The summed E-state index contributed by atoms with van der Waals surface area (Å²) >= 11 is 0. The van der Waals surface area contributed by atoms with E-state index in [-0.39, 0.29) is 11.9 Å². The van der Waals surface area contributed by atoms with E-state index in [9.17, 15) is 4.79 Å². The van der Waals surface area contributed by atoms with Crippen molar-refractivity contribution in [2.24, 2.45) is 0 Å². The van der Waals surface area contributed by atoms with Crippen LogP contribution in [0.1, 0.15) is 40.0 Å². The lowest BCUT2D eigenvalue weighted by Crippen LogP contribution is -2.44. The number of nitrogens with zero attached hydrogens (tertiary/aromatic N) is 1. The van der Waals surface area contributed by atoms with Crippen LogP contribution in [0.4, 0.5) is 0 Å². The number of rotatable bonds is 4. The molecule has 4 nitrogen and oxygen atoms in total. The van der Waals surface area contributed by atoms with Crippen LogP contribution in [0.5, 0.6) is 0 Å². The van der Waals surface area contributed by atoms with Crippen molar-refractivity contribution >= 4 is 16.8 Å². The minimum Gasteiger partial charge on any atom is -0.358 e. The maximum atomic E-state index is 12.7. The highest BCUT2D eigenvalue weighted by Crippen LogP contribution is 2.23. The van der Waals surface area contributed by atoms with Gasteiger partial charge >= 0.3 is 0 Å². The van der Waals surface area contributed by atoms with Crippen LogP contribution in [-0.4, -0.2) is 34.9 Å². The average molecular weight is 361 g/mol. The Bertz CT molecular complexity index is 937. The molecule has 1 saturated heterocycles. The minimum absolute atomic E-state index is 0.0386. The monoisotopic (exact) mass is 361 g/mol. The van der Waals surface area contributed by atoms with Crippen molar-refractivity contribution < 1.29 is 4.79 Å². The second-order valence-electron chi connectivity index (χ2n) is 7.64. The first-order valence-corrected chi connectivity index (χ1v) is 9.76. The molecule has 1 fully saturated rings. The molecule has 0 bridgehead atoms. The van der Waals surface area contributed by atoms with Gasteiger partial charge in [0.1, 0.15) is 0 Å². The van der Waals surface area contributed by atoms with Crippen molar-refractivity contribution in [3.63, 3.8) is 0 Å². The lowest BCUT2D eigenvalue weighted by atomic mass is 10.0. The third kappa shape index (κ3) is 3.91. The van der Waals surface area contributed by atoms with Gasteiger partial charge < -0.3 is 10.3 Å². The molecule has 1 aliphatic heterocycles. The number of likely N-dealkylation sites (tertiary alicyclic amines) is 1. The molecule has 2 N–H and O–H groups in total. The van der Waals surface area contributed by atoms with Crippen LogP contribution < -0.4 is 5.32 Å². The van der Waals surface area contributed by atoms with Crippen molar-refractivity contribution in [3.05, 3.63) is 70.9 Å². The van der Waals surface area contributed by atoms with Gasteiger partial charge in [0.05, 0.1) is 0 Å². The summed E-state index contributed by atoms with van der Waals surface area (Å²) in [5, 5.41) is 4.37. The number of hydrogen-bond donors (Lipinski definition) is 2. The summed E-state index contributed by atoms with van der Waals surface area (Å²) in [6.07, 6.45) is 2.01. The highest BCUT2D eigenvalue weighted by atomic mass is 16.1. The Morgan fingerprint density at radius 1 is 1.11 bits per heavy atom. The van der Waals surface area contributed by atoms with Gasteiger partial charge in [-0.3, -0.25) is 9.69 Å². The maximum Gasteiger partial charge on any atom is 0.251 e. The van der Waals surface area contributed by atoms with E-state index in [1.807, 2.05) is 18.2 Å². The molecule has 0 atom stereocenters. The Hall–Kier alpha value is -2.59. The predicted molar refractivity (Wildman–Crippen MR) is 110 cm³/mol. The first-order chi connectivity index (χ1) is 13.1. The Labute approximate surface area is 160 Å². The van der Waals surface area contributed by atoms with E-state index in [0.717, 1.165) is 54.6 Å². The molecule has 4 rings (SSSR count). The summed E-state index contributed by atoms with van der Waals surface area (Å²) in [5.74, 6) is 0.0386. The van der Waals surface area contributed by atoms with Crippen molar-refractivity contribution in [2.75, 3.05) is 13.1 Å².